The lowest BCUT2D eigenvalue weighted by molar-refractivity contribution is 0.0927. The summed E-state index contributed by atoms with van der Waals surface area (Å²) in [5.41, 5.74) is 1.68. The van der Waals surface area contributed by atoms with E-state index in [0.29, 0.717) is 12.3 Å². The maximum Gasteiger partial charge on any atom is 0.287 e. The second kappa shape index (κ2) is 8.18. The second-order valence-electron chi connectivity index (χ2n) is 5.73. The predicted molar refractivity (Wildman–Crippen MR) is 101 cm³/mol. The van der Waals surface area contributed by atoms with Gasteiger partial charge in [-0.3, -0.25) is 4.79 Å². The lowest BCUT2D eigenvalue weighted by Crippen LogP contribution is -2.32. The molecular weight excluding hydrogens is 324 g/mol. The molecule has 5 heteroatoms. The van der Waals surface area contributed by atoms with Gasteiger partial charge in [0.25, 0.3) is 5.91 Å². The molecule has 128 valence electrons. The summed E-state index contributed by atoms with van der Waals surface area (Å²) < 4.78 is 5.92. The van der Waals surface area contributed by atoms with E-state index < -0.39 is 0 Å². The number of furan rings is 1. The monoisotopic (exact) mass is 346 g/mol. The summed E-state index contributed by atoms with van der Waals surface area (Å²) in [7, 11) is 0. The quantitative estimate of drug-likeness (QED) is 0.662. The van der Waals surface area contributed by atoms with E-state index in [9.17, 15) is 4.79 Å². The van der Waals surface area contributed by atoms with Crippen molar-refractivity contribution in [2.24, 2.45) is 0 Å². The van der Waals surface area contributed by atoms with Gasteiger partial charge in [-0.05, 0) is 25.3 Å². The van der Waals surface area contributed by atoms with Crippen LogP contribution in [0.15, 0.2) is 40.8 Å². The number of nitrogens with one attached hydrogen (secondary N) is 2. The van der Waals surface area contributed by atoms with Gasteiger partial charge in [0.15, 0.2) is 5.76 Å². The van der Waals surface area contributed by atoms with Crippen molar-refractivity contribution < 1.29 is 9.21 Å². The molecule has 2 N–H and O–H groups in total. The van der Waals surface area contributed by atoms with Crippen LogP contribution in [-0.4, -0.2) is 25.5 Å². The van der Waals surface area contributed by atoms with Gasteiger partial charge in [0, 0.05) is 29.4 Å². The standard InChI is InChI=1S/C19H22N2O2.ClH/c1-3-10-20-11-12-21-19(22)17-13(2)15-9-8-14-6-4-5-7-16(14)18(15)23-17;/h4-9,20H,3,10-12H2,1-2H3,(H,21,22);1H. The smallest absolute Gasteiger partial charge is 0.287 e. The van der Waals surface area contributed by atoms with Crippen LogP contribution in [0.3, 0.4) is 0 Å². The Hall–Kier alpha value is -2.04. The molecule has 0 aliphatic rings. The van der Waals surface area contributed by atoms with Crippen molar-refractivity contribution in [1.29, 1.82) is 0 Å². The van der Waals surface area contributed by atoms with Crippen LogP contribution in [0, 0.1) is 6.92 Å². The minimum atomic E-state index is -0.152. The highest BCUT2D eigenvalue weighted by atomic mass is 35.5. The maximum atomic E-state index is 12.4. The Labute approximate surface area is 148 Å². The van der Waals surface area contributed by atoms with Crippen molar-refractivity contribution in [1.82, 2.24) is 10.6 Å². The molecule has 0 spiro atoms. The van der Waals surface area contributed by atoms with Crippen LogP contribution in [0.2, 0.25) is 0 Å². The summed E-state index contributed by atoms with van der Waals surface area (Å²) in [6, 6.07) is 12.1. The molecule has 1 aromatic heterocycles. The molecule has 4 nitrogen and oxygen atoms in total. The Kier molecular flexibility index (Phi) is 6.23. The summed E-state index contributed by atoms with van der Waals surface area (Å²) in [5, 5.41) is 9.33. The van der Waals surface area contributed by atoms with Gasteiger partial charge in [0.05, 0.1) is 0 Å². The second-order valence-corrected chi connectivity index (χ2v) is 5.73. The SMILES string of the molecule is CCCNCCNC(=O)c1oc2c(ccc3ccccc32)c1C.Cl. The number of carbonyl (C=O) groups excluding carboxylic acids is 1. The Morgan fingerprint density at radius 1 is 1.04 bits per heavy atom. The van der Waals surface area contributed by atoms with E-state index in [4.69, 9.17) is 4.42 Å². The highest BCUT2D eigenvalue weighted by Crippen LogP contribution is 2.31. The van der Waals surface area contributed by atoms with E-state index in [1.807, 2.05) is 37.3 Å². The molecular formula is C19H23ClN2O2. The Bertz CT molecular complexity index is 842. The van der Waals surface area contributed by atoms with E-state index in [0.717, 1.165) is 46.8 Å². The topological polar surface area (TPSA) is 54.3 Å². The number of amides is 1. The van der Waals surface area contributed by atoms with Crippen LogP contribution >= 0.6 is 12.4 Å². The van der Waals surface area contributed by atoms with Crippen molar-refractivity contribution in [3.63, 3.8) is 0 Å². The summed E-state index contributed by atoms with van der Waals surface area (Å²) >= 11 is 0. The number of aryl methyl sites for hydroxylation is 1. The molecule has 2 aromatic carbocycles. The predicted octanol–water partition coefficient (Wildman–Crippen LogP) is 4.05. The fraction of sp³-hybridized carbons (Fsp3) is 0.316. The van der Waals surface area contributed by atoms with Crippen LogP contribution in [0.1, 0.15) is 29.5 Å². The first-order chi connectivity index (χ1) is 11.2. The molecule has 0 fully saturated rings. The zero-order valence-corrected chi connectivity index (χ0v) is 14.8. The minimum absolute atomic E-state index is 0. The summed E-state index contributed by atoms with van der Waals surface area (Å²) in [5.74, 6) is 0.257. The average molecular weight is 347 g/mol. The number of fused-ring (bicyclic) bond motifs is 3. The van der Waals surface area contributed by atoms with Crippen molar-refractivity contribution in [2.75, 3.05) is 19.6 Å². The van der Waals surface area contributed by atoms with Crippen LogP contribution in [-0.2, 0) is 0 Å². The molecule has 0 saturated carbocycles. The molecule has 3 rings (SSSR count). The first kappa shape index (κ1) is 18.3. The van der Waals surface area contributed by atoms with E-state index in [1.165, 1.54) is 0 Å². The molecule has 1 heterocycles. The van der Waals surface area contributed by atoms with Crippen LogP contribution in [0.4, 0.5) is 0 Å². The van der Waals surface area contributed by atoms with Gasteiger partial charge in [0.1, 0.15) is 5.58 Å². The summed E-state index contributed by atoms with van der Waals surface area (Å²) in [4.78, 5) is 12.4. The molecule has 0 bridgehead atoms. The average Bonchev–Trinajstić information content (AvgIpc) is 2.92. The van der Waals surface area contributed by atoms with Gasteiger partial charge in [-0.1, -0.05) is 43.3 Å². The first-order valence-electron chi connectivity index (χ1n) is 8.12. The molecule has 0 unspecified atom stereocenters. The first-order valence-corrected chi connectivity index (χ1v) is 8.12. The van der Waals surface area contributed by atoms with Crippen molar-refractivity contribution >= 4 is 40.1 Å². The highest BCUT2D eigenvalue weighted by molar-refractivity contribution is 6.08. The molecule has 0 saturated heterocycles. The molecule has 0 atom stereocenters. The zero-order valence-electron chi connectivity index (χ0n) is 14.0. The van der Waals surface area contributed by atoms with Crippen molar-refractivity contribution in [2.45, 2.75) is 20.3 Å². The van der Waals surface area contributed by atoms with Crippen molar-refractivity contribution in [3.05, 3.63) is 47.7 Å². The largest absolute Gasteiger partial charge is 0.450 e. The Morgan fingerprint density at radius 2 is 1.83 bits per heavy atom. The number of benzene rings is 2. The van der Waals surface area contributed by atoms with Gasteiger partial charge >= 0.3 is 0 Å². The van der Waals surface area contributed by atoms with Gasteiger partial charge in [-0.25, -0.2) is 0 Å². The van der Waals surface area contributed by atoms with E-state index in [1.54, 1.807) is 0 Å². The van der Waals surface area contributed by atoms with Crippen LogP contribution in [0.25, 0.3) is 21.7 Å². The number of halogens is 1. The summed E-state index contributed by atoms with van der Waals surface area (Å²) in [6.07, 6.45) is 1.09. The number of carbonyl (C=O) groups is 1. The lowest BCUT2D eigenvalue weighted by atomic mass is 10.1. The van der Waals surface area contributed by atoms with Gasteiger partial charge in [0.2, 0.25) is 0 Å². The molecule has 0 radical (unpaired) electrons. The Morgan fingerprint density at radius 3 is 2.62 bits per heavy atom. The molecule has 24 heavy (non-hydrogen) atoms. The number of hydrogen-bond donors (Lipinski definition) is 2. The van der Waals surface area contributed by atoms with Crippen molar-refractivity contribution in [3.8, 4) is 0 Å². The molecule has 0 aliphatic carbocycles. The zero-order chi connectivity index (χ0) is 16.2. The van der Waals surface area contributed by atoms with Gasteiger partial charge < -0.3 is 15.1 Å². The maximum absolute atomic E-state index is 12.4. The fourth-order valence-electron chi connectivity index (χ4n) is 2.81. The van der Waals surface area contributed by atoms with Gasteiger partial charge in [-0.2, -0.15) is 0 Å². The fourth-order valence-corrected chi connectivity index (χ4v) is 2.81. The summed E-state index contributed by atoms with van der Waals surface area (Å²) in [6.45, 7) is 6.38. The lowest BCUT2D eigenvalue weighted by Gasteiger charge is -2.04. The number of hydrogen-bond acceptors (Lipinski definition) is 3. The van der Waals surface area contributed by atoms with Gasteiger partial charge in [-0.15, -0.1) is 12.4 Å². The molecule has 3 aromatic rings. The van der Waals surface area contributed by atoms with E-state index in [2.05, 4.69) is 23.6 Å². The number of rotatable bonds is 6. The minimum Gasteiger partial charge on any atom is -0.450 e. The van der Waals surface area contributed by atoms with Crippen LogP contribution < -0.4 is 10.6 Å². The third-order valence-corrected chi connectivity index (χ3v) is 4.05. The third-order valence-electron chi connectivity index (χ3n) is 4.05. The van der Waals surface area contributed by atoms with E-state index in [-0.39, 0.29) is 18.3 Å². The molecule has 1 amide bonds. The Balaban J connectivity index is 0.00000208. The normalized spacial score (nSPS) is 10.8. The highest BCUT2D eigenvalue weighted by Gasteiger charge is 2.18. The third kappa shape index (κ3) is 3.55. The van der Waals surface area contributed by atoms with E-state index >= 15 is 0 Å². The molecule has 0 aliphatic heterocycles. The van der Waals surface area contributed by atoms with Crippen LogP contribution in [0.5, 0.6) is 0 Å².